The number of aliphatic hydroxyl groups excluding tert-OH is 1. The van der Waals surface area contributed by atoms with E-state index in [0.29, 0.717) is 0 Å². The smallest absolute Gasteiger partial charge is 0.162 e. The summed E-state index contributed by atoms with van der Waals surface area (Å²) in [6.45, 7) is 40.2. The summed E-state index contributed by atoms with van der Waals surface area (Å²) in [5.74, 6) is 0.547. The van der Waals surface area contributed by atoms with Crippen LogP contribution in [0.3, 0.4) is 0 Å². The molecule has 0 atom stereocenters. The maximum Gasteiger partial charge on any atom is 0.162 e. The number of hydrogen-bond donors (Lipinski definition) is 1. The molecule has 0 saturated carbocycles. The van der Waals surface area contributed by atoms with Crippen LogP contribution in [-0.2, 0) is 35.7 Å². The number of rotatable bonds is 11. The Morgan fingerprint density at radius 1 is 0.591 bits per heavy atom. The average Bonchev–Trinajstić information content (AvgIpc) is 3.22. The van der Waals surface area contributed by atoms with Crippen molar-refractivity contribution in [3.63, 3.8) is 0 Å². The van der Waals surface area contributed by atoms with Crippen molar-refractivity contribution in [3.8, 4) is 22.5 Å². The van der Waals surface area contributed by atoms with Crippen LogP contribution in [0.15, 0.2) is 97.0 Å². The number of hydrogen-bond acceptors (Lipinski definition) is 4. The molecule has 357 valence electrons. The Morgan fingerprint density at radius 3 is 1.27 bits per heavy atom. The fourth-order valence-corrected chi connectivity index (χ4v) is 10.4. The van der Waals surface area contributed by atoms with Crippen LogP contribution >= 0.6 is 0 Å². The van der Waals surface area contributed by atoms with Crippen molar-refractivity contribution < 1.29 is 30.0 Å². The Balaban J connectivity index is 0.000000271. The van der Waals surface area contributed by atoms with Crippen LogP contribution in [-0.4, -0.2) is 37.0 Å². The second kappa shape index (κ2) is 23.3. The van der Waals surface area contributed by atoms with Crippen LogP contribution in [0.5, 0.6) is 0 Å². The van der Waals surface area contributed by atoms with Gasteiger partial charge in [-0.3, -0.25) is 4.79 Å². The molecule has 2 aromatic heterocycles. The molecule has 66 heavy (non-hydrogen) atoms. The number of ketones is 1. The van der Waals surface area contributed by atoms with E-state index < -0.39 is 16.1 Å². The first-order valence-electron chi connectivity index (χ1n) is 24.0. The predicted octanol–water partition coefficient (Wildman–Crippen LogP) is 15.6. The van der Waals surface area contributed by atoms with Crippen LogP contribution in [0.2, 0.25) is 39.3 Å². The molecule has 0 spiro atoms. The van der Waals surface area contributed by atoms with Crippen molar-refractivity contribution >= 4 is 53.8 Å². The third kappa shape index (κ3) is 15.0. The summed E-state index contributed by atoms with van der Waals surface area (Å²) in [5, 5.41) is 17.7. The zero-order valence-corrected chi connectivity index (χ0v) is 48.1. The van der Waals surface area contributed by atoms with Crippen molar-refractivity contribution in [3.05, 3.63) is 131 Å². The van der Waals surface area contributed by atoms with E-state index in [2.05, 4.69) is 180 Å². The van der Waals surface area contributed by atoms with E-state index in [1.165, 1.54) is 60.2 Å². The van der Waals surface area contributed by atoms with E-state index in [-0.39, 0.29) is 54.3 Å². The van der Waals surface area contributed by atoms with Gasteiger partial charge < -0.3 is 15.1 Å². The minimum absolute atomic E-state index is 0. The van der Waals surface area contributed by atoms with Gasteiger partial charge in [0.1, 0.15) is 0 Å². The number of benzene rings is 4. The SMILES string of the molecule is CCC(CC)C(=O)/C=C(\O)C(CC)CC.Cc1[c-]c(-c2nccc3cc([Si](C)(C)C)ccc23)cc(C(C)(C)C)c1.Cc1[c-]c(-c2nccc3cc([Si](C)(C)C)ccc23)cc(C(C)(C)C)c1.[Ir]. The molecule has 0 fully saturated rings. The van der Waals surface area contributed by atoms with E-state index in [1.807, 2.05) is 40.1 Å². The Morgan fingerprint density at radius 2 is 0.955 bits per heavy atom. The summed E-state index contributed by atoms with van der Waals surface area (Å²) in [7, 11) is -2.64. The summed E-state index contributed by atoms with van der Waals surface area (Å²) in [6, 6.07) is 34.1. The number of aryl methyl sites for hydroxylation is 2. The molecule has 6 aromatic rings. The quantitative estimate of drug-likeness (QED) is 0.0608. The fourth-order valence-electron chi connectivity index (χ4n) is 8.05. The molecule has 0 aliphatic heterocycles. The Kier molecular flexibility index (Phi) is 19.9. The Labute approximate surface area is 416 Å². The summed E-state index contributed by atoms with van der Waals surface area (Å²) in [6.07, 6.45) is 8.76. The van der Waals surface area contributed by atoms with Gasteiger partial charge in [-0.05, 0) is 81.6 Å². The van der Waals surface area contributed by atoms with Crippen molar-refractivity contribution in [2.45, 2.75) is 159 Å². The van der Waals surface area contributed by atoms with E-state index >= 15 is 0 Å². The Hall–Kier alpha value is -4.01. The topological polar surface area (TPSA) is 63.1 Å². The van der Waals surface area contributed by atoms with E-state index in [1.54, 1.807) is 0 Å². The normalized spacial score (nSPS) is 12.4. The molecule has 0 bridgehead atoms. The van der Waals surface area contributed by atoms with Gasteiger partial charge in [0.25, 0.3) is 0 Å². The molecule has 0 amide bonds. The van der Waals surface area contributed by atoms with Gasteiger partial charge in [-0.25, -0.2) is 0 Å². The van der Waals surface area contributed by atoms with Crippen molar-refractivity contribution in [2.24, 2.45) is 11.8 Å². The van der Waals surface area contributed by atoms with E-state index in [0.717, 1.165) is 48.2 Å². The molecule has 2 heterocycles. The summed E-state index contributed by atoms with van der Waals surface area (Å²) < 4.78 is 0. The molecular formula is C59H80IrN2O2Si2-2. The zero-order chi connectivity index (χ0) is 48.7. The van der Waals surface area contributed by atoms with Crippen LogP contribution in [0.4, 0.5) is 0 Å². The molecule has 1 radical (unpaired) electrons. The molecule has 6 rings (SSSR count). The zero-order valence-electron chi connectivity index (χ0n) is 43.7. The van der Waals surface area contributed by atoms with Crippen LogP contribution in [0.1, 0.15) is 117 Å². The second-order valence-corrected chi connectivity index (χ2v) is 32.3. The molecule has 4 aromatic carbocycles. The fraction of sp³-hybridized carbons (Fsp3) is 0.441. The van der Waals surface area contributed by atoms with Gasteiger partial charge in [-0.1, -0.05) is 169 Å². The maximum absolute atomic E-state index is 11.7. The molecule has 1 N–H and O–H groups in total. The molecule has 0 saturated heterocycles. The molecular weight excluding hydrogens is 1020 g/mol. The summed E-state index contributed by atoms with van der Waals surface area (Å²) in [5.41, 5.74) is 9.48. The van der Waals surface area contributed by atoms with Crippen molar-refractivity contribution in [2.75, 3.05) is 0 Å². The molecule has 4 nitrogen and oxygen atoms in total. The number of nitrogens with zero attached hydrogens (tertiary/aromatic N) is 2. The second-order valence-electron chi connectivity index (χ2n) is 22.1. The predicted molar refractivity (Wildman–Crippen MR) is 289 cm³/mol. The van der Waals surface area contributed by atoms with Gasteiger partial charge in [-0.15, -0.1) is 69.8 Å². The van der Waals surface area contributed by atoms with Gasteiger partial charge in [0, 0.05) is 50.4 Å². The largest absolute Gasteiger partial charge is 0.512 e. The first-order chi connectivity index (χ1) is 30.2. The molecule has 0 unspecified atom stereocenters. The average molecular weight is 1100 g/mol. The van der Waals surface area contributed by atoms with Gasteiger partial charge in [-0.2, -0.15) is 0 Å². The molecule has 0 aliphatic carbocycles. The standard InChI is InChI=1S/2C23H28NSi.C13H24O2.Ir/c2*1-16-12-18(14-19(13-16)23(2,3)4)22-21-9-8-20(25(5,6)7)15-17(21)10-11-24-22;1-5-10(6-2)12(14)9-13(15)11(7-3)8-4;/h2*8-11,13-15H,1-7H3;9-11,14H,5-8H2,1-4H3;/q2*-1;;/b;;12-9-;. The number of fused-ring (bicyclic) bond motifs is 2. The summed E-state index contributed by atoms with van der Waals surface area (Å²) in [4.78, 5) is 21.1. The van der Waals surface area contributed by atoms with Crippen LogP contribution in [0, 0.1) is 37.8 Å². The summed E-state index contributed by atoms with van der Waals surface area (Å²) >= 11 is 0. The van der Waals surface area contributed by atoms with Gasteiger partial charge in [0.15, 0.2) is 5.78 Å². The number of pyridine rings is 2. The van der Waals surface area contributed by atoms with E-state index in [4.69, 9.17) is 9.97 Å². The maximum atomic E-state index is 11.7. The van der Waals surface area contributed by atoms with Gasteiger partial charge >= 0.3 is 0 Å². The van der Waals surface area contributed by atoms with E-state index in [9.17, 15) is 9.90 Å². The number of carbonyl (C=O) groups excluding carboxylic acids is 1. The molecule has 0 aliphatic rings. The van der Waals surface area contributed by atoms with Crippen LogP contribution in [0.25, 0.3) is 44.1 Å². The number of allylic oxidation sites excluding steroid dienone is 2. The first-order valence-corrected chi connectivity index (χ1v) is 31.0. The van der Waals surface area contributed by atoms with Gasteiger partial charge in [0.2, 0.25) is 0 Å². The van der Waals surface area contributed by atoms with Crippen molar-refractivity contribution in [1.82, 2.24) is 9.97 Å². The number of carbonyl (C=O) groups is 1. The Bertz CT molecular complexity index is 2440. The minimum Gasteiger partial charge on any atom is -0.512 e. The minimum atomic E-state index is -1.32. The monoisotopic (exact) mass is 1100 g/mol. The molecule has 7 heteroatoms. The third-order valence-electron chi connectivity index (χ3n) is 12.6. The third-order valence-corrected chi connectivity index (χ3v) is 16.7. The number of aromatic nitrogens is 2. The van der Waals surface area contributed by atoms with Crippen LogP contribution < -0.4 is 10.4 Å². The van der Waals surface area contributed by atoms with Gasteiger partial charge in [0.05, 0.1) is 21.9 Å². The number of aliphatic hydroxyl groups is 1. The first kappa shape index (κ1) is 56.3. The van der Waals surface area contributed by atoms with Crippen molar-refractivity contribution in [1.29, 1.82) is 0 Å².